The normalized spacial score (nSPS) is 40.5. The maximum atomic E-state index is 13.2. The van der Waals surface area contributed by atoms with Gasteiger partial charge in [-0.05, 0) is 78.9 Å². The average Bonchev–Trinajstić information content (AvgIpc) is 2.99. The Morgan fingerprint density at radius 2 is 1.94 bits per heavy atom. The van der Waals surface area contributed by atoms with E-state index in [4.69, 9.17) is 4.74 Å². The minimum absolute atomic E-state index is 0.0307. The summed E-state index contributed by atoms with van der Waals surface area (Å²) in [5.74, 6) is 1.72. The van der Waals surface area contributed by atoms with Gasteiger partial charge in [0.05, 0.1) is 5.69 Å². The molecule has 0 N–H and O–H groups in total. The number of pyridine rings is 1. The standard InChI is InChI=1S/C27H33NO3/c1-17(29)31-20-9-11-26(2)18(14-20)7-8-21-22(26)10-12-27(3)23(21)16-25(30)24(27)15-19-6-4-5-13-28-19/h4-7,13,15,20-23H,8-12,14,16H2,1-3H3/t20-,21+,22-,23-,26-,27-/m0/s1. The Labute approximate surface area is 185 Å². The fraction of sp³-hybridized carbons (Fsp3) is 0.593. The summed E-state index contributed by atoms with van der Waals surface area (Å²) in [4.78, 5) is 29.1. The van der Waals surface area contributed by atoms with Crippen LogP contribution < -0.4 is 0 Å². The quantitative estimate of drug-likeness (QED) is 0.359. The molecule has 4 heteroatoms. The number of Topliss-reactive ketones (excluding diaryl/α,β-unsaturated/α-hetero) is 1. The van der Waals surface area contributed by atoms with E-state index < -0.39 is 0 Å². The van der Waals surface area contributed by atoms with Crippen LogP contribution in [0.15, 0.2) is 41.6 Å². The van der Waals surface area contributed by atoms with Crippen molar-refractivity contribution in [2.24, 2.45) is 28.6 Å². The lowest BCUT2D eigenvalue weighted by atomic mass is 9.48. The van der Waals surface area contributed by atoms with Crippen LogP contribution in [-0.4, -0.2) is 22.8 Å². The Kier molecular flexibility index (Phi) is 4.95. The average molecular weight is 420 g/mol. The Morgan fingerprint density at radius 3 is 2.68 bits per heavy atom. The number of hydrogen-bond acceptors (Lipinski definition) is 4. The van der Waals surface area contributed by atoms with Crippen molar-refractivity contribution >= 4 is 17.8 Å². The van der Waals surface area contributed by atoms with Crippen LogP contribution in [0.2, 0.25) is 0 Å². The highest BCUT2D eigenvalue weighted by molar-refractivity contribution is 6.03. The topological polar surface area (TPSA) is 56.3 Å². The SMILES string of the molecule is CC(=O)O[C@H]1CC[C@@]2(C)C(=CC[C@@H]3[C@@H]2CC[C@]2(C)C(=Cc4ccccn4)C(=O)C[C@@H]32)C1. The van der Waals surface area contributed by atoms with Gasteiger partial charge >= 0.3 is 5.97 Å². The molecule has 5 rings (SSSR count). The second-order valence-electron chi connectivity index (χ2n) is 10.6. The van der Waals surface area contributed by atoms with Crippen LogP contribution in [0.1, 0.15) is 71.4 Å². The zero-order valence-corrected chi connectivity index (χ0v) is 18.9. The van der Waals surface area contributed by atoms with E-state index in [1.807, 2.05) is 18.2 Å². The molecule has 0 aromatic carbocycles. The van der Waals surface area contributed by atoms with E-state index in [1.54, 1.807) is 6.20 Å². The van der Waals surface area contributed by atoms with Gasteiger partial charge in [0.2, 0.25) is 0 Å². The number of rotatable bonds is 2. The summed E-state index contributed by atoms with van der Waals surface area (Å²) in [5, 5.41) is 0. The third-order valence-corrected chi connectivity index (χ3v) is 9.08. The maximum Gasteiger partial charge on any atom is 0.302 e. The van der Waals surface area contributed by atoms with E-state index in [-0.39, 0.29) is 22.9 Å². The minimum Gasteiger partial charge on any atom is -0.462 e. The summed E-state index contributed by atoms with van der Waals surface area (Å²) < 4.78 is 5.55. The monoisotopic (exact) mass is 419 g/mol. The predicted molar refractivity (Wildman–Crippen MR) is 120 cm³/mol. The molecule has 164 valence electrons. The Hall–Kier alpha value is -2.23. The molecule has 0 aliphatic heterocycles. The van der Waals surface area contributed by atoms with Crippen molar-refractivity contribution in [3.8, 4) is 0 Å². The summed E-state index contributed by atoms with van der Waals surface area (Å²) in [6.45, 7) is 6.27. The molecule has 1 heterocycles. The van der Waals surface area contributed by atoms with Crippen molar-refractivity contribution in [3.05, 3.63) is 47.3 Å². The lowest BCUT2D eigenvalue weighted by Crippen LogP contribution is -2.49. The highest BCUT2D eigenvalue weighted by Crippen LogP contribution is 2.65. The lowest BCUT2D eigenvalue weighted by Gasteiger charge is -2.57. The molecule has 3 saturated carbocycles. The fourth-order valence-electron chi connectivity index (χ4n) is 7.48. The smallest absolute Gasteiger partial charge is 0.302 e. The molecule has 4 aliphatic carbocycles. The molecule has 0 unspecified atom stereocenters. The van der Waals surface area contributed by atoms with Crippen LogP contribution in [-0.2, 0) is 14.3 Å². The summed E-state index contributed by atoms with van der Waals surface area (Å²) >= 11 is 0. The van der Waals surface area contributed by atoms with Gasteiger partial charge in [-0.1, -0.05) is 31.6 Å². The maximum absolute atomic E-state index is 13.2. The first-order valence-electron chi connectivity index (χ1n) is 11.8. The molecule has 0 saturated heterocycles. The van der Waals surface area contributed by atoms with Crippen LogP contribution in [0.5, 0.6) is 0 Å². The molecular formula is C27H33NO3. The van der Waals surface area contributed by atoms with Gasteiger partial charge in [-0.2, -0.15) is 0 Å². The molecular weight excluding hydrogens is 386 g/mol. The number of ether oxygens (including phenoxy) is 1. The van der Waals surface area contributed by atoms with E-state index in [0.717, 1.165) is 49.8 Å². The van der Waals surface area contributed by atoms with E-state index in [0.29, 0.717) is 30.0 Å². The van der Waals surface area contributed by atoms with Crippen LogP contribution in [0.4, 0.5) is 0 Å². The number of fused-ring (bicyclic) bond motifs is 5. The molecule has 1 aromatic rings. The van der Waals surface area contributed by atoms with Gasteiger partial charge in [0, 0.05) is 31.5 Å². The minimum atomic E-state index is -0.173. The summed E-state index contributed by atoms with van der Waals surface area (Å²) in [6.07, 6.45) is 13.2. The number of ketones is 1. The molecule has 6 atom stereocenters. The van der Waals surface area contributed by atoms with E-state index in [1.165, 1.54) is 12.5 Å². The van der Waals surface area contributed by atoms with Crippen LogP contribution >= 0.6 is 0 Å². The van der Waals surface area contributed by atoms with Gasteiger partial charge in [-0.25, -0.2) is 0 Å². The number of allylic oxidation sites excluding steroid dienone is 2. The second-order valence-corrected chi connectivity index (χ2v) is 10.6. The Bertz CT molecular complexity index is 964. The number of carbonyl (C=O) groups is 2. The van der Waals surface area contributed by atoms with Crippen molar-refractivity contribution in [1.82, 2.24) is 4.98 Å². The van der Waals surface area contributed by atoms with Crippen molar-refractivity contribution in [2.75, 3.05) is 0 Å². The van der Waals surface area contributed by atoms with Crippen LogP contribution in [0, 0.1) is 28.6 Å². The number of carbonyl (C=O) groups excluding carboxylic acids is 2. The highest BCUT2D eigenvalue weighted by atomic mass is 16.5. The van der Waals surface area contributed by atoms with Crippen LogP contribution in [0.25, 0.3) is 6.08 Å². The van der Waals surface area contributed by atoms with E-state index in [2.05, 4.69) is 31.0 Å². The molecule has 0 amide bonds. The Balaban J connectivity index is 1.44. The van der Waals surface area contributed by atoms with Gasteiger partial charge < -0.3 is 4.74 Å². The fourth-order valence-corrected chi connectivity index (χ4v) is 7.48. The van der Waals surface area contributed by atoms with Gasteiger partial charge in [0.15, 0.2) is 5.78 Å². The molecule has 4 nitrogen and oxygen atoms in total. The summed E-state index contributed by atoms with van der Waals surface area (Å²) in [7, 11) is 0. The molecule has 1 aromatic heterocycles. The molecule has 3 fully saturated rings. The zero-order valence-electron chi connectivity index (χ0n) is 18.9. The number of hydrogen-bond donors (Lipinski definition) is 0. The first-order chi connectivity index (χ1) is 14.8. The Morgan fingerprint density at radius 1 is 1.13 bits per heavy atom. The zero-order chi connectivity index (χ0) is 21.8. The first-order valence-corrected chi connectivity index (χ1v) is 11.8. The molecule has 0 radical (unpaired) electrons. The van der Waals surface area contributed by atoms with Crippen molar-refractivity contribution in [3.63, 3.8) is 0 Å². The predicted octanol–water partition coefficient (Wildman–Crippen LogP) is 5.54. The van der Waals surface area contributed by atoms with Crippen LogP contribution in [0.3, 0.4) is 0 Å². The lowest BCUT2D eigenvalue weighted by molar-refractivity contribution is -0.148. The van der Waals surface area contributed by atoms with Crippen molar-refractivity contribution in [2.45, 2.75) is 71.8 Å². The third kappa shape index (κ3) is 3.30. The first kappa shape index (κ1) is 20.7. The van der Waals surface area contributed by atoms with Crippen molar-refractivity contribution in [1.29, 1.82) is 0 Å². The van der Waals surface area contributed by atoms with E-state index >= 15 is 0 Å². The van der Waals surface area contributed by atoms with E-state index in [9.17, 15) is 9.59 Å². The van der Waals surface area contributed by atoms with Gasteiger partial charge in [0.25, 0.3) is 0 Å². The van der Waals surface area contributed by atoms with Gasteiger partial charge in [0.1, 0.15) is 6.10 Å². The van der Waals surface area contributed by atoms with Gasteiger partial charge in [-0.15, -0.1) is 0 Å². The molecule has 0 spiro atoms. The third-order valence-electron chi connectivity index (χ3n) is 9.08. The number of esters is 1. The van der Waals surface area contributed by atoms with Crippen molar-refractivity contribution < 1.29 is 14.3 Å². The molecule has 0 bridgehead atoms. The largest absolute Gasteiger partial charge is 0.462 e. The summed E-state index contributed by atoms with van der Waals surface area (Å²) in [5.41, 5.74) is 3.50. The van der Waals surface area contributed by atoms with Gasteiger partial charge in [-0.3, -0.25) is 14.6 Å². The number of aromatic nitrogens is 1. The molecule has 4 aliphatic rings. The highest BCUT2D eigenvalue weighted by Gasteiger charge is 2.59. The molecule has 31 heavy (non-hydrogen) atoms. The number of nitrogens with zero attached hydrogens (tertiary/aromatic N) is 1. The second kappa shape index (κ2) is 7.43. The summed E-state index contributed by atoms with van der Waals surface area (Å²) in [6, 6.07) is 5.88.